The summed E-state index contributed by atoms with van der Waals surface area (Å²) in [6.07, 6.45) is 3.69. The average molecular weight is 549 g/mol. The van der Waals surface area contributed by atoms with Crippen LogP contribution in [-0.2, 0) is 11.2 Å². The van der Waals surface area contributed by atoms with Gasteiger partial charge in [-0.05, 0) is 56.9 Å². The van der Waals surface area contributed by atoms with Crippen molar-refractivity contribution in [3.63, 3.8) is 0 Å². The van der Waals surface area contributed by atoms with Crippen molar-refractivity contribution in [3.05, 3.63) is 86.6 Å². The predicted octanol–water partition coefficient (Wildman–Crippen LogP) is 6.55. The number of aliphatic hydroxyl groups is 1. The Morgan fingerprint density at radius 1 is 1.05 bits per heavy atom. The summed E-state index contributed by atoms with van der Waals surface area (Å²) in [5, 5.41) is 11.8. The fraction of sp³-hybridized carbons (Fsp3) is 0.387. The Labute approximate surface area is 234 Å². The Morgan fingerprint density at radius 3 is 2.49 bits per heavy atom. The average Bonchev–Trinajstić information content (AvgIpc) is 3.40. The number of hydrogen-bond donors (Lipinski definition) is 1. The zero-order chi connectivity index (χ0) is 27.9. The predicted molar refractivity (Wildman–Crippen MR) is 153 cm³/mol. The second-order valence-corrected chi connectivity index (χ2v) is 10.8. The Bertz CT molecular complexity index is 1350. The fourth-order valence-corrected chi connectivity index (χ4v) is 5.71. The van der Waals surface area contributed by atoms with Crippen LogP contribution in [0.4, 0.5) is 0 Å². The van der Waals surface area contributed by atoms with Gasteiger partial charge in [-0.25, -0.2) is 4.98 Å². The number of aryl methyl sites for hydroxylation is 2. The molecule has 0 saturated carbocycles. The van der Waals surface area contributed by atoms with E-state index in [-0.39, 0.29) is 11.4 Å². The molecule has 4 rings (SSSR count). The van der Waals surface area contributed by atoms with Crippen molar-refractivity contribution in [3.8, 4) is 11.5 Å². The molecule has 206 valence electrons. The van der Waals surface area contributed by atoms with Crippen molar-refractivity contribution < 1.29 is 24.2 Å². The maximum absolute atomic E-state index is 13.8. The Morgan fingerprint density at radius 2 is 1.82 bits per heavy atom. The summed E-state index contributed by atoms with van der Waals surface area (Å²) in [6.45, 7) is 8.98. The van der Waals surface area contributed by atoms with E-state index in [2.05, 4.69) is 11.9 Å². The first-order chi connectivity index (χ1) is 18.8. The van der Waals surface area contributed by atoms with Crippen molar-refractivity contribution in [1.82, 2.24) is 9.88 Å². The molecule has 2 aromatic carbocycles. The molecule has 0 radical (unpaired) electrons. The Kier molecular flexibility index (Phi) is 9.41. The van der Waals surface area contributed by atoms with Gasteiger partial charge in [-0.1, -0.05) is 56.2 Å². The van der Waals surface area contributed by atoms with Crippen LogP contribution in [0.1, 0.15) is 70.7 Å². The second-order valence-electron chi connectivity index (χ2n) is 9.57. The van der Waals surface area contributed by atoms with Crippen LogP contribution in [-0.4, -0.2) is 46.4 Å². The number of amides is 1. The third-order valence-electron chi connectivity index (χ3n) is 6.73. The minimum absolute atomic E-state index is 0.0684. The molecule has 1 unspecified atom stereocenters. The monoisotopic (exact) mass is 548 g/mol. The number of ether oxygens (including phenoxy) is 2. The van der Waals surface area contributed by atoms with Crippen LogP contribution in [0.3, 0.4) is 0 Å². The summed E-state index contributed by atoms with van der Waals surface area (Å²) in [5.41, 5.74) is 2.39. The standard InChI is InChI=1S/C31H36N2O5S/c1-5-7-11-18-38-24-15-14-23(19-25(24)37-6-2)27-26(28(34)30-20(3)32-21(4)39-30)29(35)31(36)33(27)17-16-22-12-9-8-10-13-22/h8-10,12-15,19,27,35H,5-7,11,16-18H2,1-4H3. The summed E-state index contributed by atoms with van der Waals surface area (Å²) in [6, 6.07) is 14.6. The highest BCUT2D eigenvalue weighted by Gasteiger charge is 2.44. The van der Waals surface area contributed by atoms with Crippen LogP contribution in [0, 0.1) is 13.8 Å². The number of unbranched alkanes of at least 4 members (excludes halogenated alkanes) is 2. The van der Waals surface area contributed by atoms with Gasteiger partial charge in [-0.15, -0.1) is 11.3 Å². The van der Waals surface area contributed by atoms with Crippen LogP contribution >= 0.6 is 11.3 Å². The summed E-state index contributed by atoms with van der Waals surface area (Å²) in [4.78, 5) is 33.7. The molecular formula is C31H36N2O5S. The van der Waals surface area contributed by atoms with E-state index in [1.165, 1.54) is 11.3 Å². The third kappa shape index (κ3) is 6.33. The molecule has 0 saturated heterocycles. The number of nitrogens with zero attached hydrogens (tertiary/aromatic N) is 2. The van der Waals surface area contributed by atoms with E-state index in [0.29, 0.717) is 53.8 Å². The van der Waals surface area contributed by atoms with Crippen LogP contribution in [0.25, 0.3) is 0 Å². The van der Waals surface area contributed by atoms with Crippen LogP contribution < -0.4 is 9.47 Å². The van der Waals surface area contributed by atoms with Crippen molar-refractivity contribution >= 4 is 23.0 Å². The minimum atomic E-state index is -0.774. The molecule has 2 heterocycles. The third-order valence-corrected chi connectivity index (χ3v) is 7.80. The van der Waals surface area contributed by atoms with Crippen LogP contribution in [0.2, 0.25) is 0 Å². The van der Waals surface area contributed by atoms with E-state index in [1.807, 2.05) is 62.4 Å². The van der Waals surface area contributed by atoms with Gasteiger partial charge >= 0.3 is 0 Å². The molecule has 1 aromatic heterocycles. The number of rotatable bonds is 13. The molecule has 0 bridgehead atoms. The molecule has 1 aliphatic heterocycles. The molecule has 8 heteroatoms. The van der Waals surface area contributed by atoms with Crippen LogP contribution in [0.15, 0.2) is 59.9 Å². The zero-order valence-corrected chi connectivity index (χ0v) is 23.8. The number of ketones is 1. The largest absolute Gasteiger partial charge is 0.503 e. The molecule has 0 fully saturated rings. The lowest BCUT2D eigenvalue weighted by Gasteiger charge is -2.27. The van der Waals surface area contributed by atoms with Gasteiger partial charge in [0.2, 0.25) is 5.78 Å². The van der Waals surface area contributed by atoms with Gasteiger partial charge < -0.3 is 19.5 Å². The van der Waals surface area contributed by atoms with E-state index >= 15 is 0 Å². The number of aromatic nitrogens is 1. The lowest BCUT2D eigenvalue weighted by molar-refractivity contribution is -0.129. The number of thiazole rings is 1. The molecule has 1 amide bonds. The van der Waals surface area contributed by atoms with Crippen molar-refractivity contribution in [2.45, 2.75) is 59.4 Å². The van der Waals surface area contributed by atoms with Gasteiger partial charge in [-0.3, -0.25) is 9.59 Å². The lowest BCUT2D eigenvalue weighted by atomic mass is 9.94. The number of hydrogen-bond acceptors (Lipinski definition) is 7. The smallest absolute Gasteiger partial charge is 0.290 e. The molecule has 1 N–H and O–H groups in total. The second kappa shape index (κ2) is 12.9. The first-order valence-corrected chi connectivity index (χ1v) is 14.3. The number of aliphatic hydroxyl groups excluding tert-OH is 1. The highest BCUT2D eigenvalue weighted by molar-refractivity contribution is 7.14. The lowest BCUT2D eigenvalue weighted by Crippen LogP contribution is -2.33. The van der Waals surface area contributed by atoms with Gasteiger partial charge in [0.1, 0.15) is 0 Å². The van der Waals surface area contributed by atoms with Gasteiger partial charge in [0.05, 0.1) is 40.4 Å². The number of carbonyl (C=O) groups is 2. The summed E-state index contributed by atoms with van der Waals surface area (Å²) < 4.78 is 11.9. The van der Waals surface area contributed by atoms with Gasteiger partial charge in [0.15, 0.2) is 17.3 Å². The van der Waals surface area contributed by atoms with Crippen molar-refractivity contribution in [1.29, 1.82) is 0 Å². The van der Waals surface area contributed by atoms with Crippen molar-refractivity contribution in [2.24, 2.45) is 0 Å². The summed E-state index contributed by atoms with van der Waals surface area (Å²) >= 11 is 1.27. The molecule has 0 aliphatic carbocycles. The molecule has 39 heavy (non-hydrogen) atoms. The van der Waals surface area contributed by atoms with E-state index in [9.17, 15) is 14.7 Å². The fourth-order valence-electron chi connectivity index (χ4n) is 4.84. The maximum Gasteiger partial charge on any atom is 0.290 e. The van der Waals surface area contributed by atoms with Gasteiger partial charge in [-0.2, -0.15) is 0 Å². The van der Waals surface area contributed by atoms with E-state index < -0.39 is 17.7 Å². The quantitative estimate of drug-likeness (QED) is 0.193. The Hall–Kier alpha value is -3.65. The first-order valence-electron chi connectivity index (χ1n) is 13.5. The molecular weight excluding hydrogens is 512 g/mol. The SMILES string of the molecule is CCCCCOc1ccc(C2C(C(=O)c3sc(C)nc3C)=C(O)C(=O)N2CCc2ccccc2)cc1OCC. The number of benzene rings is 2. The number of carbonyl (C=O) groups excluding carboxylic acids is 2. The minimum Gasteiger partial charge on any atom is -0.503 e. The summed E-state index contributed by atoms with van der Waals surface area (Å²) in [5.74, 6) is -0.289. The molecule has 0 spiro atoms. The molecule has 1 atom stereocenters. The normalized spacial score (nSPS) is 15.2. The van der Waals surface area contributed by atoms with E-state index in [0.717, 1.165) is 29.8 Å². The van der Waals surface area contributed by atoms with Gasteiger partial charge in [0, 0.05) is 6.54 Å². The topological polar surface area (TPSA) is 89.0 Å². The van der Waals surface area contributed by atoms with Crippen LogP contribution in [0.5, 0.6) is 11.5 Å². The maximum atomic E-state index is 13.8. The van der Waals surface area contributed by atoms with E-state index in [4.69, 9.17) is 9.47 Å². The summed E-state index contributed by atoms with van der Waals surface area (Å²) in [7, 11) is 0. The highest BCUT2D eigenvalue weighted by Crippen LogP contribution is 2.42. The number of Topliss-reactive ketones (excluding diaryl/α,β-unsaturated/α-hetero) is 1. The first kappa shape index (κ1) is 28.4. The molecule has 1 aliphatic rings. The molecule has 7 nitrogen and oxygen atoms in total. The van der Waals surface area contributed by atoms with Crippen molar-refractivity contribution in [2.75, 3.05) is 19.8 Å². The van der Waals surface area contributed by atoms with Gasteiger partial charge in [0.25, 0.3) is 5.91 Å². The molecule has 3 aromatic rings. The highest BCUT2D eigenvalue weighted by atomic mass is 32.1. The zero-order valence-electron chi connectivity index (χ0n) is 23.0. The van der Waals surface area contributed by atoms with E-state index in [1.54, 1.807) is 11.8 Å². The Balaban J connectivity index is 1.73.